The summed E-state index contributed by atoms with van der Waals surface area (Å²) >= 11 is 4.05. The maximum absolute atomic E-state index is 5.18. The number of aryl methyl sites for hydroxylation is 1. The highest BCUT2D eigenvalue weighted by Gasteiger charge is 2.19. The second-order valence-corrected chi connectivity index (χ2v) is 7.12. The van der Waals surface area contributed by atoms with Crippen LogP contribution in [-0.2, 0) is 18.6 Å². The third-order valence-electron chi connectivity index (χ3n) is 3.46. The first-order chi connectivity index (χ1) is 9.36. The number of rotatable bonds is 5. The Kier molecular flexibility index (Phi) is 4.31. The zero-order chi connectivity index (χ0) is 13.1. The van der Waals surface area contributed by atoms with E-state index in [2.05, 4.69) is 36.1 Å². The van der Waals surface area contributed by atoms with Crippen LogP contribution in [0.5, 0.6) is 0 Å². The van der Waals surface area contributed by atoms with Crippen molar-refractivity contribution < 1.29 is 4.42 Å². The Balaban J connectivity index is 1.80. The Hall–Kier alpha value is -0.710. The Morgan fingerprint density at radius 1 is 1.47 bits per heavy atom. The van der Waals surface area contributed by atoms with Crippen LogP contribution in [0.2, 0.25) is 0 Å². The Labute approximate surface area is 122 Å². The zero-order valence-electron chi connectivity index (χ0n) is 11.1. The van der Waals surface area contributed by atoms with Crippen LogP contribution in [0.25, 0.3) is 0 Å². The molecule has 0 saturated heterocycles. The van der Waals surface area contributed by atoms with Gasteiger partial charge < -0.3 is 9.73 Å². The molecule has 2 nitrogen and oxygen atoms in total. The van der Waals surface area contributed by atoms with E-state index in [1.807, 2.05) is 17.6 Å². The molecule has 0 bridgehead atoms. The van der Waals surface area contributed by atoms with Crippen LogP contribution in [0.3, 0.4) is 0 Å². The minimum Gasteiger partial charge on any atom is -0.472 e. The van der Waals surface area contributed by atoms with E-state index < -0.39 is 0 Å². The van der Waals surface area contributed by atoms with Gasteiger partial charge in [0.1, 0.15) is 0 Å². The van der Waals surface area contributed by atoms with Crippen molar-refractivity contribution in [3.63, 3.8) is 0 Å². The number of thiophene rings is 1. The molecule has 1 N–H and O–H groups in total. The second-order valence-electron chi connectivity index (χ2n) is 4.85. The van der Waals surface area contributed by atoms with E-state index in [0.29, 0.717) is 6.04 Å². The molecule has 0 spiro atoms. The van der Waals surface area contributed by atoms with E-state index in [1.54, 1.807) is 16.7 Å². The molecule has 19 heavy (non-hydrogen) atoms. The van der Waals surface area contributed by atoms with Gasteiger partial charge in [-0.15, -0.1) is 11.3 Å². The van der Waals surface area contributed by atoms with Crippen molar-refractivity contribution in [1.29, 1.82) is 0 Å². The number of furan rings is 1. The van der Waals surface area contributed by atoms with Gasteiger partial charge >= 0.3 is 0 Å². The van der Waals surface area contributed by atoms with Gasteiger partial charge in [-0.3, -0.25) is 0 Å². The van der Waals surface area contributed by atoms with E-state index in [4.69, 9.17) is 4.42 Å². The van der Waals surface area contributed by atoms with Crippen LogP contribution in [0.1, 0.15) is 33.8 Å². The smallest absolute Gasteiger partial charge is 0.0935 e. The van der Waals surface area contributed by atoms with E-state index in [-0.39, 0.29) is 0 Å². The van der Waals surface area contributed by atoms with Gasteiger partial charge in [0.25, 0.3) is 0 Å². The van der Waals surface area contributed by atoms with Gasteiger partial charge in [0.2, 0.25) is 0 Å². The fourth-order valence-corrected chi connectivity index (χ4v) is 4.96. The molecule has 3 rings (SSSR count). The van der Waals surface area contributed by atoms with Crippen molar-refractivity contribution in [3.05, 3.63) is 45.5 Å². The molecule has 3 heterocycles. The lowest BCUT2D eigenvalue weighted by Crippen LogP contribution is -2.21. The summed E-state index contributed by atoms with van der Waals surface area (Å²) in [4.78, 5) is 3.08. The molecule has 2 aromatic heterocycles. The first-order valence-corrected chi connectivity index (χ1v) is 8.77. The molecule has 0 radical (unpaired) electrons. The molecule has 1 unspecified atom stereocenters. The van der Waals surface area contributed by atoms with Gasteiger partial charge in [-0.1, -0.05) is 6.92 Å². The highest BCUT2D eigenvalue weighted by molar-refractivity contribution is 7.98. The molecule has 0 fully saturated rings. The van der Waals surface area contributed by atoms with Crippen molar-refractivity contribution in [2.75, 3.05) is 12.3 Å². The number of hydrogen-bond donors (Lipinski definition) is 1. The van der Waals surface area contributed by atoms with Gasteiger partial charge in [0, 0.05) is 21.5 Å². The van der Waals surface area contributed by atoms with Crippen LogP contribution in [-0.4, -0.2) is 12.3 Å². The summed E-state index contributed by atoms with van der Waals surface area (Å²) in [5.74, 6) is 2.47. The lowest BCUT2D eigenvalue weighted by Gasteiger charge is -2.15. The molecule has 102 valence electrons. The number of likely N-dealkylation sites (N-methyl/N-ethyl adjacent to an activating group) is 1. The third kappa shape index (κ3) is 3.07. The zero-order valence-corrected chi connectivity index (χ0v) is 12.8. The average Bonchev–Trinajstić information content (AvgIpc) is 3.06. The van der Waals surface area contributed by atoms with Gasteiger partial charge in [-0.2, -0.15) is 11.8 Å². The van der Waals surface area contributed by atoms with Crippen LogP contribution >= 0.6 is 23.1 Å². The van der Waals surface area contributed by atoms with Crippen molar-refractivity contribution in [2.45, 2.75) is 31.6 Å². The number of fused-ring (bicyclic) bond motifs is 1. The first kappa shape index (κ1) is 13.3. The average molecular weight is 293 g/mol. The van der Waals surface area contributed by atoms with E-state index in [0.717, 1.165) is 13.0 Å². The standard InChI is InChI=1S/C15H19NOS2/c1-2-16-13(7-11-3-5-17-9-11)15-8-12-10-18-6-4-14(12)19-15/h3,5,8-9,13,16H,2,4,6-7,10H2,1H3. The van der Waals surface area contributed by atoms with Crippen molar-refractivity contribution in [3.8, 4) is 0 Å². The maximum atomic E-state index is 5.18. The molecule has 1 aliphatic rings. The van der Waals surface area contributed by atoms with Gasteiger partial charge in [-0.05, 0) is 48.4 Å². The molecule has 1 aliphatic heterocycles. The topological polar surface area (TPSA) is 25.2 Å². The summed E-state index contributed by atoms with van der Waals surface area (Å²) < 4.78 is 5.18. The summed E-state index contributed by atoms with van der Waals surface area (Å²) in [6.07, 6.45) is 5.87. The fraction of sp³-hybridized carbons (Fsp3) is 0.467. The Bertz CT molecular complexity index is 495. The third-order valence-corrected chi connectivity index (χ3v) is 5.82. The normalized spacial score (nSPS) is 16.3. The van der Waals surface area contributed by atoms with Crippen LogP contribution in [0.15, 0.2) is 29.1 Å². The second kappa shape index (κ2) is 6.16. The molecule has 0 aromatic carbocycles. The maximum Gasteiger partial charge on any atom is 0.0935 e. The van der Waals surface area contributed by atoms with Crippen molar-refractivity contribution in [2.24, 2.45) is 0 Å². The quantitative estimate of drug-likeness (QED) is 0.901. The highest BCUT2D eigenvalue weighted by Crippen LogP contribution is 2.35. The van der Waals surface area contributed by atoms with Crippen LogP contribution in [0.4, 0.5) is 0 Å². The molecular weight excluding hydrogens is 274 g/mol. The molecular formula is C15H19NOS2. The predicted octanol–water partition coefficient (Wildman–Crippen LogP) is 4.02. The van der Waals surface area contributed by atoms with Crippen LogP contribution in [0, 0.1) is 0 Å². The first-order valence-electron chi connectivity index (χ1n) is 6.80. The number of hydrogen-bond acceptors (Lipinski definition) is 4. The van der Waals surface area contributed by atoms with E-state index in [9.17, 15) is 0 Å². The SMILES string of the molecule is CCNC(Cc1ccoc1)c1cc2c(s1)CCSC2. The number of nitrogens with one attached hydrogen (secondary N) is 1. The van der Waals surface area contributed by atoms with Crippen LogP contribution < -0.4 is 5.32 Å². The monoisotopic (exact) mass is 293 g/mol. The fourth-order valence-electron chi connectivity index (χ4n) is 2.51. The summed E-state index contributed by atoms with van der Waals surface area (Å²) in [6, 6.07) is 4.90. The number of thioether (sulfide) groups is 1. The largest absolute Gasteiger partial charge is 0.472 e. The van der Waals surface area contributed by atoms with E-state index >= 15 is 0 Å². The van der Waals surface area contributed by atoms with Crippen molar-refractivity contribution >= 4 is 23.1 Å². The summed E-state index contributed by atoms with van der Waals surface area (Å²) in [6.45, 7) is 3.17. The lowest BCUT2D eigenvalue weighted by atomic mass is 10.1. The lowest BCUT2D eigenvalue weighted by molar-refractivity contribution is 0.539. The summed E-state index contributed by atoms with van der Waals surface area (Å²) in [5, 5.41) is 3.61. The summed E-state index contributed by atoms with van der Waals surface area (Å²) in [5.41, 5.74) is 2.83. The van der Waals surface area contributed by atoms with E-state index in [1.165, 1.54) is 28.4 Å². The van der Waals surface area contributed by atoms with Crippen molar-refractivity contribution in [1.82, 2.24) is 5.32 Å². The van der Waals surface area contributed by atoms with Gasteiger partial charge in [0.15, 0.2) is 0 Å². The predicted molar refractivity (Wildman–Crippen MR) is 83.0 cm³/mol. The van der Waals surface area contributed by atoms with Gasteiger partial charge in [0.05, 0.1) is 12.5 Å². The summed E-state index contributed by atoms with van der Waals surface area (Å²) in [7, 11) is 0. The minimum absolute atomic E-state index is 0.420. The van der Waals surface area contributed by atoms with Gasteiger partial charge in [-0.25, -0.2) is 0 Å². The molecule has 0 amide bonds. The molecule has 4 heteroatoms. The minimum atomic E-state index is 0.420. The molecule has 0 saturated carbocycles. The highest BCUT2D eigenvalue weighted by atomic mass is 32.2. The molecule has 0 aliphatic carbocycles. The Morgan fingerprint density at radius 3 is 3.16 bits per heavy atom. The Morgan fingerprint density at radius 2 is 2.42 bits per heavy atom. The molecule has 1 atom stereocenters. The molecule has 2 aromatic rings.